The van der Waals surface area contributed by atoms with Crippen LogP contribution >= 0.6 is 0 Å². The zero-order valence-corrected chi connectivity index (χ0v) is 11.4. The predicted molar refractivity (Wildman–Crippen MR) is 71.0 cm³/mol. The molecule has 1 unspecified atom stereocenters. The summed E-state index contributed by atoms with van der Waals surface area (Å²) in [7, 11) is 0. The predicted octanol–water partition coefficient (Wildman–Crippen LogP) is 2.08. The van der Waals surface area contributed by atoms with Gasteiger partial charge < -0.3 is 14.7 Å². The van der Waals surface area contributed by atoms with Crippen molar-refractivity contribution in [3.63, 3.8) is 0 Å². The van der Waals surface area contributed by atoms with Crippen molar-refractivity contribution in [2.45, 2.75) is 32.9 Å². The van der Waals surface area contributed by atoms with Gasteiger partial charge in [0.2, 0.25) is 6.41 Å². The van der Waals surface area contributed by atoms with Gasteiger partial charge in [0, 0.05) is 6.04 Å². The molecule has 0 heterocycles. The minimum Gasteiger partial charge on any atom is -0.494 e. The Morgan fingerprint density at radius 3 is 2.63 bits per heavy atom. The number of carbonyl (C=O) groups excluding carboxylic acids is 1. The summed E-state index contributed by atoms with van der Waals surface area (Å²) >= 11 is 0. The Bertz CT molecular complexity index is 445. The van der Waals surface area contributed by atoms with E-state index in [9.17, 15) is 14.7 Å². The molecule has 0 aromatic heterocycles. The number of hydrogen-bond donors (Lipinski definition) is 1. The normalized spacial score (nSPS) is 12.0. The van der Waals surface area contributed by atoms with E-state index in [1.54, 1.807) is 38.1 Å². The zero-order valence-electron chi connectivity index (χ0n) is 11.4. The molecule has 1 atom stereocenters. The fourth-order valence-electron chi connectivity index (χ4n) is 1.86. The summed E-state index contributed by atoms with van der Waals surface area (Å²) in [5, 5.41) is 9.36. The molecule has 0 fully saturated rings. The van der Waals surface area contributed by atoms with Crippen LogP contribution < -0.4 is 4.74 Å². The van der Waals surface area contributed by atoms with Crippen LogP contribution in [0.2, 0.25) is 0 Å². The number of nitrogens with zero attached hydrogens (tertiary/aromatic N) is 1. The molecule has 5 nitrogen and oxygen atoms in total. The molecule has 104 valence electrons. The van der Waals surface area contributed by atoms with Gasteiger partial charge in [-0.05, 0) is 38.5 Å². The lowest BCUT2D eigenvalue weighted by Gasteiger charge is -2.29. The fourth-order valence-corrected chi connectivity index (χ4v) is 1.86. The molecule has 0 aliphatic carbocycles. The van der Waals surface area contributed by atoms with E-state index in [0.717, 1.165) is 0 Å². The summed E-state index contributed by atoms with van der Waals surface area (Å²) in [6, 6.07) is 5.61. The van der Waals surface area contributed by atoms with Crippen molar-refractivity contribution in [1.82, 2.24) is 4.90 Å². The summed E-state index contributed by atoms with van der Waals surface area (Å²) in [5.41, 5.74) is 0.527. The van der Waals surface area contributed by atoms with Crippen LogP contribution in [0.15, 0.2) is 24.3 Å². The number of carboxylic acid groups (broad SMARTS) is 1. The highest BCUT2D eigenvalue weighted by Gasteiger charge is 2.28. The Morgan fingerprint density at radius 2 is 2.16 bits per heavy atom. The van der Waals surface area contributed by atoms with Crippen LogP contribution in [0.3, 0.4) is 0 Å². The fraction of sp³-hybridized carbons (Fsp3) is 0.429. The molecule has 5 heteroatoms. The topological polar surface area (TPSA) is 66.8 Å². The summed E-state index contributed by atoms with van der Waals surface area (Å²) < 4.78 is 5.35. The molecule has 0 bridgehead atoms. The Balaban J connectivity index is 3.15. The van der Waals surface area contributed by atoms with E-state index in [-0.39, 0.29) is 6.04 Å². The second-order valence-electron chi connectivity index (χ2n) is 4.39. The first kappa shape index (κ1) is 15.0. The lowest BCUT2D eigenvalue weighted by Crippen LogP contribution is -2.38. The summed E-state index contributed by atoms with van der Waals surface area (Å²) in [4.78, 5) is 23.8. The monoisotopic (exact) mass is 265 g/mol. The van der Waals surface area contributed by atoms with Crippen molar-refractivity contribution < 1.29 is 19.4 Å². The van der Waals surface area contributed by atoms with Gasteiger partial charge in [0.25, 0.3) is 0 Å². The third-order valence-corrected chi connectivity index (χ3v) is 2.73. The van der Waals surface area contributed by atoms with Crippen LogP contribution in [0.4, 0.5) is 0 Å². The molecule has 1 aromatic carbocycles. The van der Waals surface area contributed by atoms with Crippen molar-refractivity contribution in [2.75, 3.05) is 6.61 Å². The number of rotatable bonds is 7. The average Bonchev–Trinajstić information content (AvgIpc) is 2.35. The maximum Gasteiger partial charge on any atom is 0.331 e. The molecular formula is C14H19NO4. The molecule has 0 radical (unpaired) electrons. The van der Waals surface area contributed by atoms with Crippen molar-refractivity contribution in [2.24, 2.45) is 0 Å². The Labute approximate surface area is 112 Å². The van der Waals surface area contributed by atoms with Crippen LogP contribution in [-0.2, 0) is 9.59 Å². The molecule has 1 N–H and O–H groups in total. The van der Waals surface area contributed by atoms with Crippen LogP contribution in [0.1, 0.15) is 32.4 Å². The lowest BCUT2D eigenvalue weighted by atomic mass is 10.0. The van der Waals surface area contributed by atoms with E-state index < -0.39 is 12.0 Å². The largest absolute Gasteiger partial charge is 0.494 e. The molecule has 1 rings (SSSR count). The standard InChI is InChI=1S/C14H19NO4/c1-4-19-12-7-5-6-11(8-12)13(14(17)18)15(9-16)10(2)3/h5-10,13H,4H2,1-3H3,(H,17,18). The lowest BCUT2D eigenvalue weighted by molar-refractivity contribution is -0.148. The first-order valence-electron chi connectivity index (χ1n) is 6.19. The number of aliphatic carboxylic acids is 1. The molecule has 0 spiro atoms. The molecule has 0 saturated carbocycles. The zero-order chi connectivity index (χ0) is 14.4. The molecule has 1 amide bonds. The third kappa shape index (κ3) is 3.71. The average molecular weight is 265 g/mol. The first-order chi connectivity index (χ1) is 9.01. The molecule has 19 heavy (non-hydrogen) atoms. The van der Waals surface area contributed by atoms with E-state index in [1.165, 1.54) is 4.90 Å². The molecule has 1 aromatic rings. The van der Waals surface area contributed by atoms with Crippen molar-refractivity contribution in [3.8, 4) is 5.75 Å². The van der Waals surface area contributed by atoms with Gasteiger partial charge in [-0.3, -0.25) is 4.79 Å². The number of carboxylic acids is 1. The molecular weight excluding hydrogens is 246 g/mol. The highest BCUT2D eigenvalue weighted by Crippen LogP contribution is 2.25. The Hall–Kier alpha value is -2.04. The van der Waals surface area contributed by atoms with Gasteiger partial charge in [-0.1, -0.05) is 12.1 Å². The smallest absolute Gasteiger partial charge is 0.331 e. The second kappa shape index (κ2) is 6.78. The Kier molecular flexibility index (Phi) is 5.36. The number of amides is 1. The van der Waals surface area contributed by atoms with Gasteiger partial charge >= 0.3 is 5.97 Å². The SMILES string of the molecule is CCOc1cccc(C(C(=O)O)N(C=O)C(C)C)c1. The summed E-state index contributed by atoms with van der Waals surface area (Å²) in [5.74, 6) is -0.463. The van der Waals surface area contributed by atoms with E-state index in [0.29, 0.717) is 24.3 Å². The molecule has 0 aliphatic heterocycles. The van der Waals surface area contributed by atoms with Crippen molar-refractivity contribution >= 4 is 12.4 Å². The van der Waals surface area contributed by atoms with Crippen molar-refractivity contribution in [1.29, 1.82) is 0 Å². The Morgan fingerprint density at radius 1 is 1.47 bits per heavy atom. The van der Waals surface area contributed by atoms with Gasteiger partial charge in [0.1, 0.15) is 5.75 Å². The highest BCUT2D eigenvalue weighted by molar-refractivity contribution is 5.78. The van der Waals surface area contributed by atoms with E-state index in [4.69, 9.17) is 4.74 Å². The number of benzene rings is 1. The van der Waals surface area contributed by atoms with Gasteiger partial charge in [0.05, 0.1) is 6.61 Å². The van der Waals surface area contributed by atoms with Crippen LogP contribution in [0.5, 0.6) is 5.75 Å². The van der Waals surface area contributed by atoms with Gasteiger partial charge in [-0.2, -0.15) is 0 Å². The first-order valence-corrected chi connectivity index (χ1v) is 6.19. The third-order valence-electron chi connectivity index (χ3n) is 2.73. The maximum absolute atomic E-state index is 11.4. The minimum absolute atomic E-state index is 0.200. The van der Waals surface area contributed by atoms with Crippen LogP contribution in [-0.4, -0.2) is 35.0 Å². The maximum atomic E-state index is 11.4. The van der Waals surface area contributed by atoms with Gasteiger partial charge in [-0.15, -0.1) is 0 Å². The van der Waals surface area contributed by atoms with E-state index >= 15 is 0 Å². The van der Waals surface area contributed by atoms with Crippen LogP contribution in [0.25, 0.3) is 0 Å². The molecule has 0 aliphatic rings. The minimum atomic E-state index is -1.06. The second-order valence-corrected chi connectivity index (χ2v) is 4.39. The van der Waals surface area contributed by atoms with Crippen LogP contribution in [0, 0.1) is 0 Å². The number of carbonyl (C=O) groups is 2. The number of hydrogen-bond acceptors (Lipinski definition) is 3. The highest BCUT2D eigenvalue weighted by atomic mass is 16.5. The number of ether oxygens (including phenoxy) is 1. The quantitative estimate of drug-likeness (QED) is 0.766. The molecule has 0 saturated heterocycles. The van der Waals surface area contributed by atoms with Crippen molar-refractivity contribution in [3.05, 3.63) is 29.8 Å². The van der Waals surface area contributed by atoms with E-state index in [1.807, 2.05) is 6.92 Å². The van der Waals surface area contributed by atoms with Gasteiger partial charge in [0.15, 0.2) is 6.04 Å². The summed E-state index contributed by atoms with van der Waals surface area (Å²) in [6.45, 7) is 5.91. The summed E-state index contributed by atoms with van der Waals surface area (Å²) in [6.07, 6.45) is 0.566. The van der Waals surface area contributed by atoms with E-state index in [2.05, 4.69) is 0 Å². The van der Waals surface area contributed by atoms with Gasteiger partial charge in [-0.25, -0.2) is 4.79 Å².